The first-order chi connectivity index (χ1) is 9.69. The Bertz CT molecular complexity index is 583. The van der Waals surface area contributed by atoms with Gasteiger partial charge in [-0.15, -0.1) is 0 Å². The van der Waals surface area contributed by atoms with Crippen molar-refractivity contribution in [2.24, 2.45) is 0 Å². The zero-order valence-corrected chi connectivity index (χ0v) is 14.5. The SMILES string of the molecule is CCCCCCSC(=S)Nc1nc2ccc(Cl)cc2s1. The number of thiocarbonyl (C=S) groups is 1. The van der Waals surface area contributed by atoms with E-state index in [1.54, 1.807) is 23.1 Å². The third-order valence-corrected chi connectivity index (χ3v) is 5.27. The second kappa shape index (κ2) is 8.17. The van der Waals surface area contributed by atoms with Crippen molar-refractivity contribution in [1.29, 1.82) is 0 Å². The molecule has 0 spiro atoms. The monoisotopic (exact) mass is 344 g/mol. The summed E-state index contributed by atoms with van der Waals surface area (Å²) in [5.41, 5.74) is 0.956. The van der Waals surface area contributed by atoms with Gasteiger partial charge in [0.25, 0.3) is 0 Å². The van der Waals surface area contributed by atoms with Crippen LogP contribution in [0, 0.1) is 0 Å². The van der Waals surface area contributed by atoms with E-state index in [4.69, 9.17) is 23.8 Å². The molecule has 0 unspecified atom stereocenters. The maximum Gasteiger partial charge on any atom is 0.189 e. The Balaban J connectivity index is 1.83. The van der Waals surface area contributed by atoms with E-state index in [0.717, 1.165) is 30.4 Å². The maximum absolute atomic E-state index is 5.97. The number of halogens is 1. The number of benzene rings is 1. The molecule has 0 aliphatic heterocycles. The molecule has 2 rings (SSSR count). The molecular formula is C14H17ClN2S3. The standard InChI is InChI=1S/C14H17ClN2S3/c1-2-3-4-5-8-19-14(18)17-13-16-11-7-6-10(15)9-12(11)20-13/h6-7,9H,2-5,8H2,1H3,(H,16,17,18). The number of nitrogens with one attached hydrogen (secondary N) is 1. The van der Waals surface area contributed by atoms with Crippen LogP contribution >= 0.6 is 46.9 Å². The van der Waals surface area contributed by atoms with Crippen molar-refractivity contribution >= 4 is 66.6 Å². The summed E-state index contributed by atoms with van der Waals surface area (Å²) in [4.78, 5) is 4.50. The van der Waals surface area contributed by atoms with Gasteiger partial charge in [-0.05, 0) is 24.6 Å². The molecule has 0 atom stereocenters. The summed E-state index contributed by atoms with van der Waals surface area (Å²) >= 11 is 14.6. The molecule has 108 valence electrons. The molecule has 0 amide bonds. The second-order valence-electron chi connectivity index (χ2n) is 4.45. The minimum atomic E-state index is 0.737. The summed E-state index contributed by atoms with van der Waals surface area (Å²) in [6, 6.07) is 5.72. The molecule has 1 N–H and O–H groups in total. The lowest BCUT2D eigenvalue weighted by Crippen LogP contribution is -2.04. The average molecular weight is 345 g/mol. The van der Waals surface area contributed by atoms with E-state index >= 15 is 0 Å². The van der Waals surface area contributed by atoms with Crippen molar-refractivity contribution in [1.82, 2.24) is 4.98 Å². The lowest BCUT2D eigenvalue weighted by molar-refractivity contribution is 0.707. The lowest BCUT2D eigenvalue weighted by Gasteiger charge is -2.03. The maximum atomic E-state index is 5.97. The minimum Gasteiger partial charge on any atom is -0.317 e. The zero-order valence-electron chi connectivity index (χ0n) is 11.3. The molecule has 0 saturated carbocycles. The quantitative estimate of drug-likeness (QED) is 0.516. The van der Waals surface area contributed by atoms with Crippen LogP contribution in [0.25, 0.3) is 10.2 Å². The summed E-state index contributed by atoms with van der Waals surface area (Å²) in [5.74, 6) is 1.07. The van der Waals surface area contributed by atoms with Crippen molar-refractivity contribution in [3.8, 4) is 0 Å². The Labute approximate surface area is 138 Å². The summed E-state index contributed by atoms with van der Waals surface area (Å²) < 4.78 is 1.88. The number of hydrogen-bond acceptors (Lipinski definition) is 4. The van der Waals surface area contributed by atoms with Crippen molar-refractivity contribution in [3.05, 3.63) is 23.2 Å². The first-order valence-corrected chi connectivity index (χ1v) is 9.27. The Morgan fingerprint density at radius 3 is 3.05 bits per heavy atom. The van der Waals surface area contributed by atoms with Crippen molar-refractivity contribution in [2.45, 2.75) is 32.6 Å². The Kier molecular flexibility index (Phi) is 6.55. The second-order valence-corrected chi connectivity index (χ2v) is 7.69. The summed E-state index contributed by atoms with van der Waals surface area (Å²) in [7, 11) is 0. The third kappa shape index (κ3) is 4.88. The van der Waals surface area contributed by atoms with Crippen LogP contribution in [0.3, 0.4) is 0 Å². The van der Waals surface area contributed by atoms with Gasteiger partial charge in [0.1, 0.15) is 4.32 Å². The fourth-order valence-corrected chi connectivity index (χ4v) is 4.09. The molecule has 1 aromatic heterocycles. The zero-order chi connectivity index (χ0) is 14.4. The van der Waals surface area contributed by atoms with Crippen LogP contribution < -0.4 is 5.32 Å². The highest BCUT2D eigenvalue weighted by atomic mass is 35.5. The van der Waals surface area contributed by atoms with Crippen LogP contribution in [0.5, 0.6) is 0 Å². The highest BCUT2D eigenvalue weighted by Crippen LogP contribution is 2.29. The molecule has 0 saturated heterocycles. The molecule has 0 radical (unpaired) electrons. The number of anilines is 1. The van der Waals surface area contributed by atoms with E-state index in [1.165, 1.54) is 25.7 Å². The van der Waals surface area contributed by atoms with E-state index < -0.39 is 0 Å². The number of thioether (sulfide) groups is 1. The van der Waals surface area contributed by atoms with Gasteiger partial charge in [-0.25, -0.2) is 4.98 Å². The summed E-state index contributed by atoms with van der Waals surface area (Å²) in [6.07, 6.45) is 5.07. The first kappa shape index (κ1) is 16.0. The highest BCUT2D eigenvalue weighted by molar-refractivity contribution is 8.23. The Morgan fingerprint density at radius 2 is 2.25 bits per heavy atom. The number of unbranched alkanes of at least 4 members (excludes halogenated alkanes) is 3. The molecule has 2 aromatic rings. The van der Waals surface area contributed by atoms with E-state index in [0.29, 0.717) is 0 Å². The van der Waals surface area contributed by atoms with Crippen molar-refractivity contribution in [2.75, 3.05) is 11.1 Å². The molecule has 0 aliphatic rings. The molecule has 1 aromatic carbocycles. The van der Waals surface area contributed by atoms with Gasteiger partial charge in [-0.1, -0.05) is 73.1 Å². The predicted molar refractivity (Wildman–Crippen MR) is 97.5 cm³/mol. The minimum absolute atomic E-state index is 0.737. The van der Waals surface area contributed by atoms with Crippen LogP contribution in [0.15, 0.2) is 18.2 Å². The van der Waals surface area contributed by atoms with Crippen LogP contribution in [-0.4, -0.2) is 15.1 Å². The van der Waals surface area contributed by atoms with E-state index in [-0.39, 0.29) is 0 Å². The van der Waals surface area contributed by atoms with Gasteiger partial charge in [0.05, 0.1) is 10.2 Å². The van der Waals surface area contributed by atoms with Crippen molar-refractivity contribution in [3.63, 3.8) is 0 Å². The van der Waals surface area contributed by atoms with E-state index in [9.17, 15) is 0 Å². The topological polar surface area (TPSA) is 24.9 Å². The molecule has 0 aliphatic carbocycles. The molecule has 2 nitrogen and oxygen atoms in total. The number of aromatic nitrogens is 1. The molecule has 1 heterocycles. The van der Waals surface area contributed by atoms with Gasteiger partial charge in [-0.3, -0.25) is 0 Å². The van der Waals surface area contributed by atoms with Gasteiger partial charge in [0.2, 0.25) is 0 Å². The first-order valence-electron chi connectivity index (χ1n) is 6.69. The van der Waals surface area contributed by atoms with E-state index in [2.05, 4.69) is 17.2 Å². The normalized spacial score (nSPS) is 10.9. The lowest BCUT2D eigenvalue weighted by atomic mass is 10.2. The van der Waals surface area contributed by atoms with Gasteiger partial charge < -0.3 is 5.32 Å². The van der Waals surface area contributed by atoms with Crippen LogP contribution in [0.4, 0.5) is 5.13 Å². The van der Waals surface area contributed by atoms with Gasteiger partial charge in [-0.2, -0.15) is 0 Å². The average Bonchev–Trinajstić information content (AvgIpc) is 2.79. The number of hydrogen-bond donors (Lipinski definition) is 1. The van der Waals surface area contributed by atoms with E-state index in [1.807, 2.05) is 18.2 Å². The molecule has 0 fully saturated rings. The van der Waals surface area contributed by atoms with Gasteiger partial charge in [0, 0.05) is 10.8 Å². The van der Waals surface area contributed by atoms with Gasteiger partial charge >= 0.3 is 0 Å². The van der Waals surface area contributed by atoms with Crippen molar-refractivity contribution < 1.29 is 0 Å². The number of fused-ring (bicyclic) bond motifs is 1. The summed E-state index contributed by atoms with van der Waals surface area (Å²) in [5, 5.41) is 4.78. The fraction of sp³-hybridized carbons (Fsp3) is 0.429. The van der Waals surface area contributed by atoms with Gasteiger partial charge in [0.15, 0.2) is 5.13 Å². The predicted octanol–water partition coefficient (Wildman–Crippen LogP) is 5.96. The molecular weight excluding hydrogens is 328 g/mol. The fourth-order valence-electron chi connectivity index (χ4n) is 1.77. The molecule has 20 heavy (non-hydrogen) atoms. The number of thiazole rings is 1. The highest BCUT2D eigenvalue weighted by Gasteiger charge is 2.06. The number of rotatable bonds is 6. The molecule has 0 bridgehead atoms. The van der Waals surface area contributed by atoms with Crippen LogP contribution in [-0.2, 0) is 0 Å². The Morgan fingerprint density at radius 1 is 1.40 bits per heavy atom. The Hall–Kier alpha value is -0.360. The summed E-state index contributed by atoms with van der Waals surface area (Å²) in [6.45, 7) is 2.22. The third-order valence-electron chi connectivity index (χ3n) is 2.79. The number of nitrogens with zero attached hydrogens (tertiary/aromatic N) is 1. The van der Waals surface area contributed by atoms with Crippen LogP contribution in [0.1, 0.15) is 32.6 Å². The van der Waals surface area contributed by atoms with Crippen LogP contribution in [0.2, 0.25) is 5.02 Å². The largest absolute Gasteiger partial charge is 0.317 e. The molecule has 6 heteroatoms. The smallest absolute Gasteiger partial charge is 0.189 e.